The van der Waals surface area contributed by atoms with Crippen LogP contribution in [-0.2, 0) is 9.53 Å². The van der Waals surface area contributed by atoms with Crippen LogP contribution in [0, 0.1) is 5.92 Å². The number of halogens is 3. The van der Waals surface area contributed by atoms with Crippen molar-refractivity contribution in [3.05, 3.63) is 59.7 Å². The van der Waals surface area contributed by atoms with Crippen LogP contribution in [-0.4, -0.2) is 90.4 Å². The van der Waals surface area contributed by atoms with E-state index in [1.165, 1.54) is 23.1 Å². The van der Waals surface area contributed by atoms with Crippen LogP contribution in [0.5, 0.6) is 5.75 Å². The summed E-state index contributed by atoms with van der Waals surface area (Å²) in [5.74, 6) is -1.49. The van der Waals surface area contributed by atoms with Crippen molar-refractivity contribution in [3.8, 4) is 5.75 Å². The van der Waals surface area contributed by atoms with Gasteiger partial charge in [0.05, 0.1) is 36.8 Å². The number of benzene rings is 2. The number of aliphatic hydroxyl groups excluding tert-OH is 1. The van der Waals surface area contributed by atoms with E-state index in [2.05, 4.69) is 5.32 Å². The zero-order valence-corrected chi connectivity index (χ0v) is 26.3. The van der Waals surface area contributed by atoms with Crippen LogP contribution >= 0.6 is 0 Å². The molecule has 0 radical (unpaired) electrons. The molecule has 45 heavy (non-hydrogen) atoms. The molecule has 248 valence electrons. The van der Waals surface area contributed by atoms with E-state index in [4.69, 9.17) is 9.47 Å². The van der Waals surface area contributed by atoms with Crippen molar-refractivity contribution in [1.82, 2.24) is 9.80 Å². The zero-order chi connectivity index (χ0) is 33.1. The van der Waals surface area contributed by atoms with Gasteiger partial charge in [0.25, 0.3) is 11.8 Å². The number of likely N-dealkylation sites (N-methyl/N-ethyl adjacent to an activating group) is 1. The molecule has 0 saturated carbocycles. The predicted molar refractivity (Wildman–Crippen MR) is 164 cm³/mol. The minimum Gasteiger partial charge on any atom is -0.490 e. The number of carbonyl (C=O) groups excluding carboxylic acids is 3. The van der Waals surface area contributed by atoms with Crippen LogP contribution in [0.2, 0.25) is 0 Å². The lowest BCUT2D eigenvalue weighted by Gasteiger charge is -2.36. The smallest absolute Gasteiger partial charge is 0.389 e. The lowest BCUT2D eigenvalue weighted by molar-refractivity contribution is -0.142. The van der Waals surface area contributed by atoms with Gasteiger partial charge in [-0.05, 0) is 63.4 Å². The van der Waals surface area contributed by atoms with Crippen LogP contribution in [0.3, 0.4) is 0 Å². The van der Waals surface area contributed by atoms with Gasteiger partial charge in [0.2, 0.25) is 5.91 Å². The molecule has 1 aliphatic rings. The number of nitrogens with zero attached hydrogens (tertiary/aromatic N) is 2. The lowest BCUT2D eigenvalue weighted by Crippen LogP contribution is -2.48. The molecule has 1 heterocycles. The van der Waals surface area contributed by atoms with Gasteiger partial charge in [-0.15, -0.1) is 0 Å². The number of rotatable bonds is 8. The summed E-state index contributed by atoms with van der Waals surface area (Å²) in [5.41, 5.74) is 0.804. The quantitative estimate of drug-likeness (QED) is 0.395. The van der Waals surface area contributed by atoms with Gasteiger partial charge in [0, 0.05) is 50.3 Å². The van der Waals surface area contributed by atoms with E-state index in [1.54, 1.807) is 43.1 Å². The first-order valence-electron chi connectivity index (χ1n) is 15.3. The van der Waals surface area contributed by atoms with Crippen molar-refractivity contribution in [2.24, 2.45) is 5.92 Å². The predicted octanol–water partition coefficient (Wildman–Crippen LogP) is 5.54. The van der Waals surface area contributed by atoms with Crippen LogP contribution in [0.4, 0.5) is 18.9 Å². The molecule has 3 rings (SSSR count). The first-order valence-corrected chi connectivity index (χ1v) is 15.3. The number of alkyl halides is 3. The highest BCUT2D eigenvalue weighted by Gasteiger charge is 2.32. The van der Waals surface area contributed by atoms with Gasteiger partial charge in [-0.25, -0.2) is 0 Å². The standard InChI is InChI=1S/C33H44F3N3O6/c1-22-19-39(23(2)21-40)32(43)27-18-26(37-30(41)15-16-33(34,35)36)13-14-28(27)45-24(3)10-8-9-17-44-29(22)20-38(4)31(42)25-11-6-5-7-12-25/h5-7,11-14,18,22-24,29,40H,8-10,15-17,19-21H2,1-4H3,(H,37,41)/t22-,23-,24-,29-/m0/s1. The molecule has 0 saturated heterocycles. The van der Waals surface area contributed by atoms with Crippen molar-refractivity contribution in [1.29, 1.82) is 0 Å². The number of aliphatic hydroxyl groups is 1. The van der Waals surface area contributed by atoms with Crippen LogP contribution < -0.4 is 10.1 Å². The van der Waals surface area contributed by atoms with Crippen LogP contribution in [0.15, 0.2) is 48.5 Å². The van der Waals surface area contributed by atoms with Crippen LogP contribution in [0.25, 0.3) is 0 Å². The van der Waals surface area contributed by atoms with Gasteiger partial charge in [-0.2, -0.15) is 13.2 Å². The van der Waals surface area contributed by atoms with E-state index >= 15 is 0 Å². The highest BCUT2D eigenvalue weighted by atomic mass is 19.4. The summed E-state index contributed by atoms with van der Waals surface area (Å²) < 4.78 is 50.4. The van der Waals surface area contributed by atoms with Gasteiger partial charge in [0.1, 0.15) is 5.75 Å². The summed E-state index contributed by atoms with van der Waals surface area (Å²) in [4.78, 5) is 42.6. The maximum Gasteiger partial charge on any atom is 0.389 e. The molecule has 0 aliphatic carbocycles. The summed E-state index contributed by atoms with van der Waals surface area (Å²) >= 11 is 0. The zero-order valence-electron chi connectivity index (χ0n) is 26.3. The second-order valence-electron chi connectivity index (χ2n) is 11.7. The summed E-state index contributed by atoms with van der Waals surface area (Å²) in [6.07, 6.45) is -5.01. The molecule has 0 fully saturated rings. The molecule has 9 nitrogen and oxygen atoms in total. The van der Waals surface area contributed by atoms with Gasteiger partial charge in [-0.1, -0.05) is 25.1 Å². The molecular weight excluding hydrogens is 591 g/mol. The minimum absolute atomic E-state index is 0.105. The van der Waals surface area contributed by atoms with Gasteiger partial charge < -0.3 is 29.7 Å². The van der Waals surface area contributed by atoms with Crippen molar-refractivity contribution >= 4 is 23.4 Å². The highest BCUT2D eigenvalue weighted by molar-refractivity contribution is 5.99. The molecule has 0 aromatic heterocycles. The Labute approximate surface area is 262 Å². The van der Waals surface area contributed by atoms with E-state index in [1.807, 2.05) is 19.9 Å². The Kier molecular flexibility index (Phi) is 13.2. The second-order valence-corrected chi connectivity index (χ2v) is 11.7. The first kappa shape index (κ1) is 35.8. The van der Waals surface area contributed by atoms with Gasteiger partial charge in [-0.3, -0.25) is 14.4 Å². The number of anilines is 1. The Morgan fingerprint density at radius 3 is 2.51 bits per heavy atom. The number of hydrogen-bond donors (Lipinski definition) is 2. The van der Waals surface area contributed by atoms with Crippen LogP contribution in [0.1, 0.15) is 73.6 Å². The van der Waals surface area contributed by atoms with Crippen molar-refractivity contribution in [2.75, 3.05) is 38.7 Å². The second kappa shape index (κ2) is 16.6. The number of ether oxygens (including phenoxy) is 2. The van der Waals surface area contributed by atoms with Crippen molar-refractivity contribution in [3.63, 3.8) is 0 Å². The topological polar surface area (TPSA) is 108 Å². The van der Waals surface area contributed by atoms with E-state index < -0.39 is 43.0 Å². The van der Waals surface area contributed by atoms with Gasteiger partial charge in [0.15, 0.2) is 0 Å². The number of hydrogen-bond acceptors (Lipinski definition) is 6. The maximum absolute atomic E-state index is 14.1. The largest absolute Gasteiger partial charge is 0.490 e. The fourth-order valence-corrected chi connectivity index (χ4v) is 5.10. The third kappa shape index (κ3) is 11.0. The summed E-state index contributed by atoms with van der Waals surface area (Å²) in [5, 5.41) is 12.6. The lowest BCUT2D eigenvalue weighted by atomic mass is 10.0. The monoisotopic (exact) mass is 635 g/mol. The van der Waals surface area contributed by atoms with E-state index in [0.717, 1.165) is 12.8 Å². The number of amides is 3. The fourth-order valence-electron chi connectivity index (χ4n) is 5.10. The number of carbonyl (C=O) groups is 3. The summed E-state index contributed by atoms with van der Waals surface area (Å²) in [6, 6.07) is 12.7. The molecule has 2 aromatic carbocycles. The maximum atomic E-state index is 14.1. The molecule has 3 amide bonds. The fraction of sp³-hybridized carbons (Fsp3) is 0.545. The Balaban J connectivity index is 1.91. The third-order valence-electron chi connectivity index (χ3n) is 7.79. The Hall–Kier alpha value is -3.64. The van der Waals surface area contributed by atoms with E-state index in [9.17, 15) is 32.7 Å². The molecule has 0 spiro atoms. The average Bonchev–Trinajstić information content (AvgIpc) is 3.01. The first-order chi connectivity index (χ1) is 21.3. The molecule has 1 aliphatic heterocycles. The molecule has 4 atom stereocenters. The third-order valence-corrected chi connectivity index (χ3v) is 7.79. The molecule has 2 aromatic rings. The SMILES string of the molecule is C[C@H]1CCCCO[C@@H](CN(C)C(=O)c2ccccc2)[C@@H](C)CN([C@@H](C)CO)C(=O)c2cc(NC(=O)CCC(F)(F)F)ccc2O1. The summed E-state index contributed by atoms with van der Waals surface area (Å²) in [7, 11) is 1.70. The molecule has 12 heteroatoms. The Morgan fingerprint density at radius 2 is 1.84 bits per heavy atom. The highest BCUT2D eigenvalue weighted by Crippen LogP contribution is 2.29. The van der Waals surface area contributed by atoms with Crippen molar-refractivity contribution < 1.29 is 42.1 Å². The average molecular weight is 636 g/mol. The number of nitrogens with one attached hydrogen (secondary N) is 1. The summed E-state index contributed by atoms with van der Waals surface area (Å²) in [6.45, 7) is 6.03. The van der Waals surface area contributed by atoms with Gasteiger partial charge >= 0.3 is 6.18 Å². The Bertz CT molecular complexity index is 1280. The normalized spacial score (nSPS) is 20.8. The minimum atomic E-state index is -4.47. The molecule has 0 unspecified atom stereocenters. The molecule has 0 bridgehead atoms. The van der Waals surface area contributed by atoms with Crippen molar-refractivity contribution in [2.45, 2.75) is 77.3 Å². The molecule has 2 N–H and O–H groups in total. The molecular formula is C33H44F3N3O6. The van der Waals surface area contributed by atoms with E-state index in [-0.39, 0.29) is 54.6 Å². The Morgan fingerprint density at radius 1 is 1.13 bits per heavy atom. The number of fused-ring (bicyclic) bond motifs is 1. The van der Waals surface area contributed by atoms with E-state index in [0.29, 0.717) is 18.6 Å².